The van der Waals surface area contributed by atoms with Crippen LogP contribution in [0.3, 0.4) is 0 Å². The van der Waals surface area contributed by atoms with Gasteiger partial charge in [-0.3, -0.25) is 19.2 Å². The Morgan fingerprint density at radius 2 is 1.40 bits per heavy atom. The first-order chi connectivity index (χ1) is 21.5. The number of carbonyl (C=O) groups is 4. The summed E-state index contributed by atoms with van der Waals surface area (Å²) < 4.78 is 46.0. The minimum Gasteiger partial charge on any atom is -0.427 e. The van der Waals surface area contributed by atoms with Crippen LogP contribution in [0, 0.1) is 5.41 Å². The second-order valence-corrected chi connectivity index (χ2v) is 11.4. The van der Waals surface area contributed by atoms with Gasteiger partial charge in [0.05, 0.1) is 11.6 Å². The smallest absolute Gasteiger partial charge is 0.416 e. The Kier molecular flexibility index (Phi) is 6.40. The number of nitrogens with zero attached hydrogens (tertiary/aromatic N) is 1. The monoisotopic (exact) mass is 607 g/mol. The maximum atomic E-state index is 14.7. The maximum absolute atomic E-state index is 14.7. The number of ketones is 3. The van der Waals surface area contributed by atoms with Crippen LogP contribution in [0.4, 0.5) is 18.9 Å². The van der Waals surface area contributed by atoms with Crippen LogP contribution in [-0.2, 0) is 11.0 Å². The Morgan fingerprint density at radius 1 is 0.800 bits per heavy atom. The van der Waals surface area contributed by atoms with Gasteiger partial charge in [0.1, 0.15) is 17.2 Å². The number of alkyl halides is 3. The lowest BCUT2D eigenvalue weighted by Crippen LogP contribution is -2.48. The molecule has 0 bridgehead atoms. The lowest BCUT2D eigenvalue weighted by Gasteiger charge is -2.37. The van der Waals surface area contributed by atoms with E-state index in [1.165, 1.54) is 43.3 Å². The average molecular weight is 608 g/mol. The molecule has 0 N–H and O–H groups in total. The summed E-state index contributed by atoms with van der Waals surface area (Å²) in [5.74, 6) is -2.87. The molecule has 0 radical (unpaired) electrons. The predicted octanol–water partition coefficient (Wildman–Crippen LogP) is 6.95. The van der Waals surface area contributed by atoms with Crippen LogP contribution in [0.25, 0.3) is 6.08 Å². The lowest BCUT2D eigenvalue weighted by atomic mass is 9.64. The van der Waals surface area contributed by atoms with Crippen LogP contribution >= 0.6 is 0 Å². The van der Waals surface area contributed by atoms with Crippen LogP contribution < -0.4 is 9.64 Å². The van der Waals surface area contributed by atoms with Gasteiger partial charge < -0.3 is 9.64 Å². The molecule has 1 fully saturated rings. The fraction of sp³-hybridized carbons (Fsp3) is 0.167. The number of hydrogen-bond acceptors (Lipinski definition) is 6. The van der Waals surface area contributed by atoms with Gasteiger partial charge in [-0.2, -0.15) is 13.2 Å². The number of halogens is 3. The number of fused-ring (bicyclic) bond motifs is 5. The predicted molar refractivity (Wildman–Crippen MR) is 159 cm³/mol. The summed E-state index contributed by atoms with van der Waals surface area (Å²) in [6, 6.07) is 21.9. The summed E-state index contributed by atoms with van der Waals surface area (Å²) >= 11 is 0. The summed E-state index contributed by atoms with van der Waals surface area (Å²) in [5, 5.41) is 0. The summed E-state index contributed by atoms with van der Waals surface area (Å²) in [7, 11) is 0. The normalized spacial score (nSPS) is 21.0. The third-order valence-corrected chi connectivity index (χ3v) is 8.98. The molecule has 4 aromatic rings. The second-order valence-electron chi connectivity index (χ2n) is 11.4. The van der Waals surface area contributed by atoms with Crippen molar-refractivity contribution in [2.45, 2.75) is 31.1 Å². The molecule has 1 spiro atoms. The molecule has 7 rings (SSSR count). The average Bonchev–Trinajstić information content (AvgIpc) is 3.46. The quantitative estimate of drug-likeness (QED) is 0.108. The van der Waals surface area contributed by atoms with Crippen molar-refractivity contribution in [2.24, 2.45) is 5.41 Å². The highest BCUT2D eigenvalue weighted by Crippen LogP contribution is 2.61. The molecule has 0 amide bonds. The molecule has 0 saturated carbocycles. The molecule has 2 aliphatic heterocycles. The number of ether oxygens (including phenoxy) is 1. The highest BCUT2D eigenvalue weighted by atomic mass is 19.4. The number of para-hydroxylation sites is 1. The van der Waals surface area contributed by atoms with E-state index in [9.17, 15) is 32.3 Å². The molecule has 1 saturated heterocycles. The first-order valence-electron chi connectivity index (χ1n) is 14.3. The van der Waals surface area contributed by atoms with E-state index in [1.807, 2.05) is 18.2 Å². The third kappa shape index (κ3) is 4.18. The standard InChI is InChI=1S/C36H24F3NO5/c1-20(41)45-25-17-12-23(13-18-25)32(42)31-30(22-10-15-24(16-11-22)36(37,38)39)35(33(43)26-7-3-4-8-27(26)34(35)44)29-19-14-21-6-2-5-9-28(21)40(29)31/h2-19,29-31H,1H3/t29-,30+,31-/m1/s1. The van der Waals surface area contributed by atoms with Gasteiger partial charge in [0.15, 0.2) is 17.3 Å². The van der Waals surface area contributed by atoms with Gasteiger partial charge in [-0.15, -0.1) is 0 Å². The van der Waals surface area contributed by atoms with Crippen LogP contribution in [0.2, 0.25) is 0 Å². The Morgan fingerprint density at radius 3 is 2.00 bits per heavy atom. The highest BCUT2D eigenvalue weighted by Gasteiger charge is 2.71. The van der Waals surface area contributed by atoms with E-state index in [0.717, 1.165) is 17.7 Å². The van der Waals surface area contributed by atoms with Gasteiger partial charge >= 0.3 is 12.1 Å². The molecular formula is C36H24F3NO5. The Hall–Kier alpha value is -5.31. The summed E-state index contributed by atoms with van der Waals surface area (Å²) in [6.07, 6.45) is -1.05. The molecule has 224 valence electrons. The number of anilines is 1. The van der Waals surface area contributed by atoms with Crippen molar-refractivity contribution in [3.63, 3.8) is 0 Å². The molecule has 2 heterocycles. The molecule has 9 heteroatoms. The lowest BCUT2D eigenvalue weighted by molar-refractivity contribution is -0.137. The zero-order chi connectivity index (χ0) is 31.7. The van der Waals surface area contributed by atoms with Crippen LogP contribution in [0.1, 0.15) is 60.6 Å². The number of carbonyl (C=O) groups excluding carboxylic acids is 4. The first-order valence-corrected chi connectivity index (χ1v) is 14.3. The van der Waals surface area contributed by atoms with E-state index in [1.54, 1.807) is 47.4 Å². The van der Waals surface area contributed by atoms with Gasteiger partial charge in [-0.05, 0) is 53.6 Å². The first kappa shape index (κ1) is 28.5. The van der Waals surface area contributed by atoms with E-state index >= 15 is 0 Å². The van der Waals surface area contributed by atoms with Crippen molar-refractivity contribution in [3.05, 3.63) is 137 Å². The van der Waals surface area contributed by atoms with Crippen molar-refractivity contribution in [3.8, 4) is 5.75 Å². The molecule has 4 aromatic carbocycles. The fourth-order valence-electron chi connectivity index (χ4n) is 7.19. The van der Waals surface area contributed by atoms with E-state index in [4.69, 9.17) is 4.74 Å². The second kappa shape index (κ2) is 10.1. The van der Waals surface area contributed by atoms with Crippen molar-refractivity contribution >= 4 is 35.1 Å². The summed E-state index contributed by atoms with van der Waals surface area (Å²) in [6.45, 7) is 1.25. The van der Waals surface area contributed by atoms with Crippen LogP contribution in [0.5, 0.6) is 5.75 Å². The zero-order valence-corrected chi connectivity index (χ0v) is 23.7. The minimum absolute atomic E-state index is 0.213. The van der Waals surface area contributed by atoms with Crippen LogP contribution in [-0.4, -0.2) is 35.4 Å². The minimum atomic E-state index is -4.61. The topological polar surface area (TPSA) is 80.8 Å². The van der Waals surface area contributed by atoms with Crippen molar-refractivity contribution in [1.82, 2.24) is 0 Å². The Bertz CT molecular complexity index is 1890. The van der Waals surface area contributed by atoms with Gasteiger partial charge in [-0.25, -0.2) is 0 Å². The van der Waals surface area contributed by atoms with Gasteiger partial charge in [0.2, 0.25) is 0 Å². The van der Waals surface area contributed by atoms with E-state index in [0.29, 0.717) is 5.69 Å². The molecule has 6 nitrogen and oxygen atoms in total. The van der Waals surface area contributed by atoms with E-state index < -0.39 is 58.5 Å². The fourth-order valence-corrected chi connectivity index (χ4v) is 7.19. The van der Waals surface area contributed by atoms with Crippen molar-refractivity contribution in [2.75, 3.05) is 4.90 Å². The van der Waals surface area contributed by atoms with E-state index in [2.05, 4.69) is 0 Å². The maximum Gasteiger partial charge on any atom is 0.416 e. The largest absolute Gasteiger partial charge is 0.427 e. The summed E-state index contributed by atoms with van der Waals surface area (Å²) in [5.41, 5.74) is -0.460. The third-order valence-electron chi connectivity index (χ3n) is 8.98. The SMILES string of the molecule is CC(=O)Oc1ccc(C(=O)[C@H]2[C@H](c3ccc(C(F)(F)F)cc3)C3(C(=O)c4ccccc4C3=O)[C@H]3C=Cc4ccccc4N23)cc1. The molecule has 3 atom stereocenters. The van der Waals surface area contributed by atoms with Gasteiger partial charge in [0, 0.05) is 35.2 Å². The molecule has 1 aliphatic carbocycles. The number of rotatable bonds is 4. The number of esters is 1. The Balaban J connectivity index is 1.48. The van der Waals surface area contributed by atoms with E-state index in [-0.39, 0.29) is 28.0 Å². The molecule has 0 aromatic heterocycles. The number of Topliss-reactive ketones (excluding diaryl/α,β-unsaturated/α-hetero) is 3. The van der Waals surface area contributed by atoms with Crippen molar-refractivity contribution in [1.29, 1.82) is 0 Å². The van der Waals surface area contributed by atoms with Gasteiger partial charge in [0.25, 0.3) is 0 Å². The number of hydrogen-bond donors (Lipinski definition) is 0. The molecular weight excluding hydrogens is 583 g/mol. The highest BCUT2D eigenvalue weighted by molar-refractivity contribution is 6.32. The molecule has 3 aliphatic rings. The summed E-state index contributed by atoms with van der Waals surface area (Å²) in [4.78, 5) is 57.2. The Labute approximate surface area is 255 Å². The van der Waals surface area contributed by atoms with Crippen LogP contribution in [0.15, 0.2) is 103 Å². The molecule has 45 heavy (non-hydrogen) atoms. The molecule has 0 unspecified atom stereocenters. The van der Waals surface area contributed by atoms with Crippen molar-refractivity contribution < 1.29 is 37.1 Å². The zero-order valence-electron chi connectivity index (χ0n) is 23.7. The number of benzene rings is 4. The van der Waals surface area contributed by atoms with Gasteiger partial charge in [-0.1, -0.05) is 66.7 Å².